The third-order valence-corrected chi connectivity index (χ3v) is 4.83. The van der Waals surface area contributed by atoms with E-state index in [-0.39, 0.29) is 5.56 Å². The maximum absolute atomic E-state index is 12.8. The van der Waals surface area contributed by atoms with Gasteiger partial charge in [0, 0.05) is 12.4 Å². The van der Waals surface area contributed by atoms with Gasteiger partial charge in [-0.1, -0.05) is 23.8 Å². The van der Waals surface area contributed by atoms with Crippen LogP contribution in [0.3, 0.4) is 0 Å². The van der Waals surface area contributed by atoms with Gasteiger partial charge in [-0.15, -0.1) is 0 Å². The number of hydrogen-bond donors (Lipinski definition) is 2. The Morgan fingerprint density at radius 2 is 2.00 bits per heavy atom. The molecule has 5 nitrogen and oxygen atoms in total. The molecule has 1 heterocycles. The zero-order valence-electron chi connectivity index (χ0n) is 16.2. The molecule has 0 saturated carbocycles. The molecule has 1 unspecified atom stereocenters. The summed E-state index contributed by atoms with van der Waals surface area (Å²) in [6.45, 7) is 5.16. The highest BCUT2D eigenvalue weighted by Gasteiger charge is 2.23. The molecule has 2 aromatic rings. The molecular formula is C21H29NO4. The maximum Gasteiger partial charge on any atom is 0.258 e. The topological polar surface area (TPSA) is 71.7 Å². The van der Waals surface area contributed by atoms with Crippen LogP contribution in [0, 0.1) is 0 Å². The Morgan fingerprint density at radius 3 is 2.62 bits per heavy atom. The number of aliphatic hydroxyl groups excluding tert-OH is 1. The minimum atomic E-state index is -1.11. The van der Waals surface area contributed by atoms with Gasteiger partial charge in [0.05, 0.1) is 29.9 Å². The monoisotopic (exact) mass is 359 g/mol. The van der Waals surface area contributed by atoms with Gasteiger partial charge < -0.3 is 19.5 Å². The Bertz CT molecular complexity index is 859. The van der Waals surface area contributed by atoms with Gasteiger partial charge in [-0.05, 0) is 52.2 Å². The average Bonchev–Trinajstić information content (AvgIpc) is 2.60. The Balaban J connectivity index is 2.28. The van der Waals surface area contributed by atoms with E-state index in [2.05, 4.69) is 0 Å². The molecule has 0 spiro atoms. The number of ether oxygens (including phenoxy) is 1. The Kier molecular flexibility index (Phi) is 6.26. The number of allylic oxidation sites excluding steroid dienone is 2. The van der Waals surface area contributed by atoms with Crippen molar-refractivity contribution in [2.75, 3.05) is 7.11 Å². The standard InChI is InChI=1S/C21H29NO4/c1-14(11-13-18(23)21(2,3)25)10-12-16-19(26-5)15-8-6-7-9-17(15)22(4)20(16)24/h6-10,18,23,25H,11-13H2,1-5H3. The summed E-state index contributed by atoms with van der Waals surface area (Å²) in [5, 5.41) is 20.7. The van der Waals surface area contributed by atoms with E-state index in [0.29, 0.717) is 30.6 Å². The van der Waals surface area contributed by atoms with Crippen LogP contribution in [0.2, 0.25) is 0 Å². The molecule has 1 aromatic carbocycles. The summed E-state index contributed by atoms with van der Waals surface area (Å²) in [5.41, 5.74) is 1.34. The smallest absolute Gasteiger partial charge is 0.258 e. The summed E-state index contributed by atoms with van der Waals surface area (Å²) in [4.78, 5) is 12.8. The lowest BCUT2D eigenvalue weighted by Crippen LogP contribution is -2.35. The molecule has 5 heteroatoms. The van der Waals surface area contributed by atoms with Crippen LogP contribution in [0.5, 0.6) is 5.75 Å². The van der Waals surface area contributed by atoms with Crippen molar-refractivity contribution in [3.63, 3.8) is 0 Å². The first kappa shape index (κ1) is 20.2. The van der Waals surface area contributed by atoms with Crippen molar-refractivity contribution in [2.45, 2.75) is 51.7 Å². The number of fused-ring (bicyclic) bond motifs is 1. The number of para-hydroxylation sites is 1. The zero-order chi connectivity index (χ0) is 19.5. The molecule has 142 valence electrons. The van der Waals surface area contributed by atoms with Crippen molar-refractivity contribution in [3.05, 3.63) is 51.8 Å². The van der Waals surface area contributed by atoms with Gasteiger partial charge in [-0.2, -0.15) is 0 Å². The molecule has 2 rings (SSSR count). The number of pyridine rings is 1. The maximum atomic E-state index is 12.8. The highest BCUT2D eigenvalue weighted by molar-refractivity contribution is 5.86. The molecule has 0 radical (unpaired) electrons. The molecule has 1 aromatic heterocycles. The lowest BCUT2D eigenvalue weighted by atomic mass is 9.95. The quantitative estimate of drug-likeness (QED) is 0.746. The second-order valence-corrected chi connectivity index (χ2v) is 7.36. The number of rotatable bonds is 7. The minimum Gasteiger partial charge on any atom is -0.496 e. The fourth-order valence-electron chi connectivity index (χ4n) is 3.04. The van der Waals surface area contributed by atoms with Gasteiger partial charge in [0.15, 0.2) is 0 Å². The van der Waals surface area contributed by atoms with E-state index in [1.807, 2.05) is 37.3 Å². The summed E-state index contributed by atoms with van der Waals surface area (Å²) >= 11 is 0. The van der Waals surface area contributed by atoms with Gasteiger partial charge in [0.25, 0.3) is 5.56 Å². The molecule has 0 bridgehead atoms. The number of aromatic nitrogens is 1. The van der Waals surface area contributed by atoms with Gasteiger partial charge in [-0.3, -0.25) is 4.79 Å². The van der Waals surface area contributed by atoms with Gasteiger partial charge in [0.1, 0.15) is 5.75 Å². The third kappa shape index (κ3) is 4.34. The first-order chi connectivity index (χ1) is 12.2. The molecule has 2 N–H and O–H groups in total. The van der Waals surface area contributed by atoms with Crippen molar-refractivity contribution in [2.24, 2.45) is 7.05 Å². The molecule has 0 saturated heterocycles. The molecule has 26 heavy (non-hydrogen) atoms. The van der Waals surface area contributed by atoms with Crippen LogP contribution in [-0.2, 0) is 13.5 Å². The van der Waals surface area contributed by atoms with Gasteiger partial charge in [-0.25, -0.2) is 0 Å². The molecule has 1 atom stereocenters. The SMILES string of the molecule is COc1c(CC=C(C)CCC(O)C(C)(C)O)c(=O)n(C)c2ccccc12. The number of hydrogen-bond acceptors (Lipinski definition) is 4. The zero-order valence-corrected chi connectivity index (χ0v) is 16.2. The summed E-state index contributed by atoms with van der Waals surface area (Å²) in [7, 11) is 3.35. The second-order valence-electron chi connectivity index (χ2n) is 7.36. The summed E-state index contributed by atoms with van der Waals surface area (Å²) in [6.07, 6.45) is 2.80. The Hall–Kier alpha value is -2.11. The van der Waals surface area contributed by atoms with Crippen molar-refractivity contribution in [1.29, 1.82) is 0 Å². The van der Waals surface area contributed by atoms with Crippen LogP contribution in [0.1, 0.15) is 39.2 Å². The van der Waals surface area contributed by atoms with E-state index >= 15 is 0 Å². The molecule has 0 aliphatic heterocycles. The van der Waals surface area contributed by atoms with Crippen LogP contribution < -0.4 is 10.3 Å². The Labute approximate surface area is 154 Å². The number of aryl methyl sites for hydroxylation is 1. The van der Waals surface area contributed by atoms with Gasteiger partial charge >= 0.3 is 0 Å². The van der Waals surface area contributed by atoms with Crippen LogP contribution in [0.4, 0.5) is 0 Å². The van der Waals surface area contributed by atoms with Crippen molar-refractivity contribution in [3.8, 4) is 5.75 Å². The van der Waals surface area contributed by atoms with Crippen LogP contribution >= 0.6 is 0 Å². The molecule has 0 aliphatic rings. The van der Waals surface area contributed by atoms with E-state index in [1.165, 1.54) is 0 Å². The van der Waals surface area contributed by atoms with Crippen LogP contribution in [-0.4, -0.2) is 33.6 Å². The minimum absolute atomic E-state index is 0.0684. The fourth-order valence-corrected chi connectivity index (χ4v) is 3.04. The predicted molar refractivity (Wildman–Crippen MR) is 105 cm³/mol. The predicted octanol–water partition coefficient (Wildman–Crippen LogP) is 2.95. The first-order valence-corrected chi connectivity index (χ1v) is 8.87. The lowest BCUT2D eigenvalue weighted by molar-refractivity contribution is -0.0509. The molecule has 0 fully saturated rings. The van der Waals surface area contributed by atoms with E-state index in [9.17, 15) is 15.0 Å². The molecule has 0 amide bonds. The lowest BCUT2D eigenvalue weighted by Gasteiger charge is -2.24. The second kappa shape index (κ2) is 8.06. The highest BCUT2D eigenvalue weighted by atomic mass is 16.5. The average molecular weight is 359 g/mol. The van der Waals surface area contributed by atoms with Gasteiger partial charge in [0.2, 0.25) is 0 Å². The summed E-state index contributed by atoms with van der Waals surface area (Å²) < 4.78 is 7.20. The largest absolute Gasteiger partial charge is 0.496 e. The normalized spacial score (nSPS) is 13.9. The van der Waals surface area contributed by atoms with Crippen LogP contribution in [0.25, 0.3) is 10.9 Å². The Morgan fingerprint density at radius 1 is 1.35 bits per heavy atom. The number of nitrogens with zero attached hydrogens (tertiary/aromatic N) is 1. The number of benzene rings is 1. The number of methoxy groups -OCH3 is 1. The van der Waals surface area contributed by atoms with Crippen LogP contribution in [0.15, 0.2) is 40.7 Å². The molecular weight excluding hydrogens is 330 g/mol. The van der Waals surface area contributed by atoms with E-state index in [1.54, 1.807) is 32.6 Å². The van der Waals surface area contributed by atoms with E-state index in [0.717, 1.165) is 16.5 Å². The van der Waals surface area contributed by atoms with E-state index in [4.69, 9.17) is 4.74 Å². The fraction of sp³-hybridized carbons (Fsp3) is 0.476. The van der Waals surface area contributed by atoms with Crippen molar-refractivity contribution < 1.29 is 14.9 Å². The highest BCUT2D eigenvalue weighted by Crippen LogP contribution is 2.27. The summed E-state index contributed by atoms with van der Waals surface area (Å²) in [5.74, 6) is 0.615. The van der Waals surface area contributed by atoms with Crippen molar-refractivity contribution >= 4 is 10.9 Å². The van der Waals surface area contributed by atoms with E-state index < -0.39 is 11.7 Å². The summed E-state index contributed by atoms with van der Waals surface area (Å²) in [6, 6.07) is 7.69. The molecule has 0 aliphatic carbocycles. The first-order valence-electron chi connectivity index (χ1n) is 8.87. The van der Waals surface area contributed by atoms with Crippen molar-refractivity contribution in [1.82, 2.24) is 4.57 Å². The number of aliphatic hydroxyl groups is 2. The third-order valence-electron chi connectivity index (χ3n) is 4.83.